The van der Waals surface area contributed by atoms with E-state index in [1.165, 1.54) is 44.9 Å². The quantitative estimate of drug-likeness (QED) is 0.591. The molecule has 0 aromatic carbocycles. The molecule has 3 saturated heterocycles. The van der Waals surface area contributed by atoms with Crippen LogP contribution in [-0.2, 0) is 9.47 Å². The van der Waals surface area contributed by atoms with E-state index >= 15 is 0 Å². The van der Waals surface area contributed by atoms with Gasteiger partial charge in [-0.3, -0.25) is 9.89 Å². The lowest BCUT2D eigenvalue weighted by molar-refractivity contribution is -0.122. The molecule has 4 aliphatic rings. The molecule has 0 amide bonds. The average Bonchev–Trinajstić information content (AvgIpc) is 3.32. The molecule has 0 aromatic heterocycles. The van der Waals surface area contributed by atoms with Gasteiger partial charge in [-0.25, -0.2) is 0 Å². The number of hydrogen-bond donors (Lipinski definition) is 1. The molecule has 1 unspecified atom stereocenters. The maximum atomic E-state index is 6.01. The van der Waals surface area contributed by atoms with Gasteiger partial charge in [0.05, 0.1) is 18.8 Å². The largest absolute Gasteiger partial charge is 0.381 e. The van der Waals surface area contributed by atoms with Crippen molar-refractivity contribution in [2.45, 2.75) is 69.9 Å². The molecule has 1 saturated carbocycles. The van der Waals surface area contributed by atoms with Crippen molar-refractivity contribution >= 4 is 5.96 Å². The Labute approximate surface area is 171 Å². The summed E-state index contributed by atoms with van der Waals surface area (Å²) in [6, 6.07) is 0. The van der Waals surface area contributed by atoms with Gasteiger partial charge in [0.15, 0.2) is 5.96 Å². The monoisotopic (exact) mass is 392 g/mol. The topological polar surface area (TPSA) is 49.3 Å². The number of likely N-dealkylation sites (tertiary alicyclic amines) is 1. The number of morpholine rings is 1. The van der Waals surface area contributed by atoms with Crippen molar-refractivity contribution in [2.75, 3.05) is 59.6 Å². The van der Waals surface area contributed by atoms with Gasteiger partial charge in [-0.05, 0) is 39.5 Å². The van der Waals surface area contributed by atoms with E-state index in [2.05, 4.69) is 34.0 Å². The van der Waals surface area contributed by atoms with E-state index in [9.17, 15) is 0 Å². The normalized spacial score (nSPS) is 33.5. The summed E-state index contributed by atoms with van der Waals surface area (Å²) in [4.78, 5) is 9.86. The van der Waals surface area contributed by atoms with E-state index in [4.69, 9.17) is 9.47 Å². The molecule has 3 aliphatic heterocycles. The first-order valence-electron chi connectivity index (χ1n) is 11.4. The predicted molar refractivity (Wildman–Crippen MR) is 113 cm³/mol. The van der Waals surface area contributed by atoms with Crippen molar-refractivity contribution in [3.8, 4) is 0 Å². The number of ether oxygens (including phenoxy) is 2. The fourth-order valence-corrected chi connectivity index (χ4v) is 5.90. The molecule has 28 heavy (non-hydrogen) atoms. The molecule has 0 radical (unpaired) electrons. The molecule has 1 atom stereocenters. The van der Waals surface area contributed by atoms with Crippen molar-refractivity contribution in [3.05, 3.63) is 0 Å². The van der Waals surface area contributed by atoms with Crippen LogP contribution in [0.25, 0.3) is 0 Å². The minimum Gasteiger partial charge on any atom is -0.381 e. The van der Waals surface area contributed by atoms with Gasteiger partial charge in [0.25, 0.3) is 0 Å². The molecule has 160 valence electrons. The van der Waals surface area contributed by atoms with Crippen LogP contribution < -0.4 is 5.32 Å². The average molecular weight is 393 g/mol. The summed E-state index contributed by atoms with van der Waals surface area (Å²) in [5, 5.41) is 3.81. The molecule has 4 rings (SSSR count). The lowest BCUT2D eigenvalue weighted by Gasteiger charge is -2.51. The fourth-order valence-electron chi connectivity index (χ4n) is 5.90. The van der Waals surface area contributed by atoms with Crippen LogP contribution in [0.4, 0.5) is 0 Å². The van der Waals surface area contributed by atoms with E-state index < -0.39 is 0 Å². The molecule has 0 bridgehead atoms. The van der Waals surface area contributed by atoms with Gasteiger partial charge in [-0.2, -0.15) is 0 Å². The lowest BCUT2D eigenvalue weighted by Crippen LogP contribution is -2.63. The van der Waals surface area contributed by atoms with Crippen molar-refractivity contribution in [2.24, 2.45) is 10.4 Å². The van der Waals surface area contributed by atoms with Crippen molar-refractivity contribution in [3.63, 3.8) is 0 Å². The summed E-state index contributed by atoms with van der Waals surface area (Å²) in [5.41, 5.74) is 0.561. The van der Waals surface area contributed by atoms with Crippen LogP contribution in [-0.4, -0.2) is 86.5 Å². The molecule has 1 aliphatic carbocycles. The molecule has 1 spiro atoms. The number of nitrogens with zero attached hydrogens (tertiary/aromatic N) is 3. The summed E-state index contributed by atoms with van der Waals surface area (Å²) < 4.78 is 11.7. The Morgan fingerprint density at radius 2 is 1.82 bits per heavy atom. The minimum absolute atomic E-state index is 0.0474. The second kappa shape index (κ2) is 8.11. The Morgan fingerprint density at radius 3 is 2.50 bits per heavy atom. The maximum absolute atomic E-state index is 6.01. The third kappa shape index (κ3) is 4.19. The molecule has 4 fully saturated rings. The van der Waals surface area contributed by atoms with Crippen molar-refractivity contribution in [1.29, 1.82) is 0 Å². The highest BCUT2D eigenvalue weighted by molar-refractivity contribution is 5.80. The second-order valence-electron chi connectivity index (χ2n) is 10.2. The zero-order valence-electron chi connectivity index (χ0n) is 18.3. The molecule has 3 heterocycles. The first-order valence-corrected chi connectivity index (χ1v) is 11.4. The van der Waals surface area contributed by atoms with Gasteiger partial charge in [-0.15, -0.1) is 0 Å². The van der Waals surface area contributed by atoms with Gasteiger partial charge in [0.2, 0.25) is 0 Å². The Morgan fingerprint density at radius 1 is 1.00 bits per heavy atom. The molecule has 6 heteroatoms. The Kier molecular flexibility index (Phi) is 5.92. The van der Waals surface area contributed by atoms with Crippen LogP contribution in [0.5, 0.6) is 0 Å². The van der Waals surface area contributed by atoms with Crippen LogP contribution in [0, 0.1) is 5.41 Å². The fraction of sp³-hybridized carbons (Fsp3) is 0.955. The second-order valence-corrected chi connectivity index (χ2v) is 10.2. The van der Waals surface area contributed by atoms with Gasteiger partial charge in [-0.1, -0.05) is 19.3 Å². The highest BCUT2D eigenvalue weighted by atomic mass is 16.5. The number of hydrogen-bond acceptors (Lipinski definition) is 4. The van der Waals surface area contributed by atoms with E-state index in [0.717, 1.165) is 58.5 Å². The van der Waals surface area contributed by atoms with E-state index in [0.29, 0.717) is 5.41 Å². The molecule has 0 aromatic rings. The van der Waals surface area contributed by atoms with Crippen LogP contribution in [0.1, 0.15) is 58.8 Å². The molecule has 6 nitrogen and oxygen atoms in total. The van der Waals surface area contributed by atoms with Gasteiger partial charge in [0.1, 0.15) is 0 Å². The number of guanidine groups is 1. The third-order valence-corrected chi connectivity index (χ3v) is 7.59. The summed E-state index contributed by atoms with van der Waals surface area (Å²) in [7, 11) is 1.93. The minimum atomic E-state index is -0.0474. The highest BCUT2D eigenvalue weighted by Crippen LogP contribution is 2.39. The summed E-state index contributed by atoms with van der Waals surface area (Å²) in [5.74, 6) is 1.08. The van der Waals surface area contributed by atoms with E-state index in [-0.39, 0.29) is 11.1 Å². The van der Waals surface area contributed by atoms with Gasteiger partial charge < -0.3 is 19.7 Å². The molecule has 1 N–H and O–H groups in total. The van der Waals surface area contributed by atoms with Crippen LogP contribution >= 0.6 is 0 Å². The number of rotatable bonds is 3. The van der Waals surface area contributed by atoms with E-state index in [1.807, 2.05) is 7.05 Å². The third-order valence-electron chi connectivity index (χ3n) is 7.59. The zero-order chi connectivity index (χ0) is 19.7. The Bertz CT molecular complexity index is 565. The first-order chi connectivity index (χ1) is 13.5. The lowest BCUT2D eigenvalue weighted by atomic mass is 9.79. The standard InChI is InChI=1S/C22H40N4O2/c1-20(2)16-26(12-14-28-20)22(7-5-4-6-8-22)15-24-19(23-3)25-11-9-21(17-25)10-13-27-18-21/h4-18H2,1-3H3,(H,23,24). The smallest absolute Gasteiger partial charge is 0.193 e. The number of aliphatic imine (C=N–C) groups is 1. The predicted octanol–water partition coefficient (Wildman–Crippen LogP) is 2.49. The summed E-state index contributed by atoms with van der Waals surface area (Å²) >= 11 is 0. The van der Waals surface area contributed by atoms with Crippen molar-refractivity contribution < 1.29 is 9.47 Å². The summed E-state index contributed by atoms with van der Waals surface area (Å²) in [6.07, 6.45) is 9.04. The SMILES string of the molecule is CN=C(NCC1(N2CCOC(C)(C)C2)CCCCC1)N1CCC2(CCOC2)C1. The van der Waals surface area contributed by atoms with Gasteiger partial charge >= 0.3 is 0 Å². The zero-order valence-corrected chi connectivity index (χ0v) is 18.3. The van der Waals surface area contributed by atoms with Crippen LogP contribution in [0.15, 0.2) is 4.99 Å². The number of nitrogens with one attached hydrogen (secondary N) is 1. The van der Waals surface area contributed by atoms with Gasteiger partial charge in [0, 0.05) is 57.3 Å². The Hall–Kier alpha value is -0.850. The van der Waals surface area contributed by atoms with Crippen molar-refractivity contribution in [1.82, 2.24) is 15.1 Å². The van der Waals surface area contributed by atoms with Crippen LogP contribution in [0.2, 0.25) is 0 Å². The maximum Gasteiger partial charge on any atom is 0.193 e. The first kappa shape index (κ1) is 20.4. The van der Waals surface area contributed by atoms with E-state index in [1.54, 1.807) is 0 Å². The highest BCUT2D eigenvalue weighted by Gasteiger charge is 2.44. The molecular weight excluding hydrogens is 352 g/mol. The summed E-state index contributed by atoms with van der Waals surface area (Å²) in [6.45, 7) is 12.4. The van der Waals surface area contributed by atoms with Crippen LogP contribution in [0.3, 0.4) is 0 Å². The Balaban J connectivity index is 1.42. The molecular formula is C22H40N4O2.